The van der Waals surface area contributed by atoms with Crippen molar-refractivity contribution in [3.05, 3.63) is 77.9 Å². The maximum Gasteiger partial charge on any atom is 0.236 e. The minimum absolute atomic E-state index is 0.0998. The Bertz CT molecular complexity index is 1390. The molecule has 0 saturated heterocycles. The number of amides is 1. The largest absolute Gasteiger partial charge is 0.469 e. The van der Waals surface area contributed by atoms with E-state index in [1.807, 2.05) is 66.3 Å². The van der Waals surface area contributed by atoms with E-state index in [0.29, 0.717) is 28.9 Å². The van der Waals surface area contributed by atoms with E-state index in [2.05, 4.69) is 28.2 Å². The number of para-hydroxylation sites is 1. The molecule has 172 valence electrons. The maximum atomic E-state index is 13.0. The summed E-state index contributed by atoms with van der Waals surface area (Å²) >= 11 is 1.27. The second-order valence-electron chi connectivity index (χ2n) is 7.65. The monoisotopic (exact) mass is 472 g/mol. The van der Waals surface area contributed by atoms with Crippen LogP contribution >= 0.6 is 11.8 Å². The first-order valence-corrected chi connectivity index (χ1v) is 11.6. The number of hydrogen-bond donors (Lipinski definition) is 1. The van der Waals surface area contributed by atoms with Gasteiger partial charge in [-0.05, 0) is 44.5 Å². The molecule has 1 aromatic carbocycles. The third kappa shape index (κ3) is 4.28. The number of nitrogens with zero attached hydrogens (tertiary/aromatic N) is 5. The number of rotatable bonds is 8. The molecule has 3 aromatic heterocycles. The average molecular weight is 473 g/mol. The number of nitriles is 1. The van der Waals surface area contributed by atoms with Gasteiger partial charge in [-0.3, -0.25) is 13.9 Å². The molecule has 4 aromatic rings. The van der Waals surface area contributed by atoms with E-state index >= 15 is 0 Å². The van der Waals surface area contributed by atoms with Gasteiger partial charge in [-0.1, -0.05) is 36.0 Å². The third-order valence-corrected chi connectivity index (χ3v) is 6.52. The minimum atomic E-state index is -0.245. The molecule has 0 atom stereocenters. The number of nitrogens with one attached hydrogen (secondary N) is 1. The Morgan fingerprint density at radius 3 is 2.65 bits per heavy atom. The molecule has 1 N–H and O–H groups in total. The number of anilines is 1. The average Bonchev–Trinajstić information content (AvgIpc) is 3.50. The first-order chi connectivity index (χ1) is 16.5. The summed E-state index contributed by atoms with van der Waals surface area (Å²) in [6.45, 7) is 9.99. The molecule has 0 saturated carbocycles. The van der Waals surface area contributed by atoms with E-state index in [0.717, 1.165) is 28.3 Å². The third-order valence-electron chi connectivity index (χ3n) is 5.56. The van der Waals surface area contributed by atoms with Crippen LogP contribution in [0.25, 0.3) is 17.1 Å². The highest BCUT2D eigenvalue weighted by molar-refractivity contribution is 7.99. The molecule has 9 heteroatoms. The lowest BCUT2D eigenvalue weighted by Gasteiger charge is -2.13. The molecule has 3 heterocycles. The summed E-state index contributed by atoms with van der Waals surface area (Å²) in [5.74, 6) is 1.72. The van der Waals surface area contributed by atoms with Crippen molar-refractivity contribution >= 4 is 23.5 Å². The van der Waals surface area contributed by atoms with Gasteiger partial charge in [0.2, 0.25) is 5.91 Å². The molecule has 0 unspecified atom stereocenters. The lowest BCUT2D eigenvalue weighted by atomic mass is 10.2. The molecule has 34 heavy (non-hydrogen) atoms. The molecular weight excluding hydrogens is 448 g/mol. The van der Waals surface area contributed by atoms with E-state index in [9.17, 15) is 10.1 Å². The summed E-state index contributed by atoms with van der Waals surface area (Å²) in [6, 6.07) is 13.7. The van der Waals surface area contributed by atoms with Crippen LogP contribution in [0.15, 0.2) is 64.9 Å². The van der Waals surface area contributed by atoms with Crippen LogP contribution in [0.2, 0.25) is 0 Å². The van der Waals surface area contributed by atoms with Gasteiger partial charge in [0.1, 0.15) is 17.6 Å². The highest BCUT2D eigenvalue weighted by Crippen LogP contribution is 2.31. The van der Waals surface area contributed by atoms with Gasteiger partial charge < -0.3 is 9.73 Å². The fourth-order valence-corrected chi connectivity index (χ4v) is 4.51. The summed E-state index contributed by atoms with van der Waals surface area (Å²) < 4.78 is 9.19. The van der Waals surface area contributed by atoms with Crippen LogP contribution in [0.3, 0.4) is 0 Å². The predicted molar refractivity (Wildman–Crippen MR) is 132 cm³/mol. The second kappa shape index (κ2) is 9.85. The molecule has 8 nitrogen and oxygen atoms in total. The van der Waals surface area contributed by atoms with E-state index in [4.69, 9.17) is 4.42 Å². The summed E-state index contributed by atoms with van der Waals surface area (Å²) in [4.78, 5) is 13.0. The van der Waals surface area contributed by atoms with E-state index in [-0.39, 0.29) is 11.7 Å². The first kappa shape index (κ1) is 23.1. The number of carbonyl (C=O) groups is 1. The summed E-state index contributed by atoms with van der Waals surface area (Å²) in [6.07, 6.45) is 3.36. The van der Waals surface area contributed by atoms with Crippen molar-refractivity contribution in [2.75, 3.05) is 11.1 Å². The highest BCUT2D eigenvalue weighted by Gasteiger charge is 2.22. The van der Waals surface area contributed by atoms with Crippen LogP contribution in [0.4, 0.5) is 5.82 Å². The Morgan fingerprint density at radius 1 is 1.24 bits per heavy atom. The highest BCUT2D eigenvalue weighted by atomic mass is 32.2. The molecule has 0 aliphatic rings. The van der Waals surface area contributed by atoms with Gasteiger partial charge in [0.25, 0.3) is 0 Å². The van der Waals surface area contributed by atoms with Gasteiger partial charge in [-0.2, -0.15) is 5.26 Å². The molecule has 0 fully saturated rings. The number of hydrogen-bond acceptors (Lipinski definition) is 6. The predicted octanol–water partition coefficient (Wildman–Crippen LogP) is 5.04. The Balaban J connectivity index is 1.58. The Labute approximate surface area is 201 Å². The number of furan rings is 1. The van der Waals surface area contributed by atoms with Crippen molar-refractivity contribution in [2.45, 2.75) is 32.5 Å². The lowest BCUT2D eigenvalue weighted by molar-refractivity contribution is -0.113. The summed E-state index contributed by atoms with van der Waals surface area (Å²) in [7, 11) is 0. The zero-order chi connectivity index (χ0) is 24.2. The molecule has 0 radical (unpaired) electrons. The van der Waals surface area contributed by atoms with Crippen molar-refractivity contribution in [1.29, 1.82) is 5.26 Å². The fraction of sp³-hybridized carbons (Fsp3) is 0.200. The van der Waals surface area contributed by atoms with Crippen LogP contribution in [0.1, 0.15) is 22.6 Å². The van der Waals surface area contributed by atoms with Crippen LogP contribution < -0.4 is 5.32 Å². The van der Waals surface area contributed by atoms with Crippen molar-refractivity contribution in [3.63, 3.8) is 0 Å². The standard InChI is InChI=1S/C25H24N6O2S/c1-5-12-30-24(20-11-13-33-18(20)4)28-29-25(30)34-15-22(32)27-23-21(14-26)16(2)17(3)31(23)19-9-7-6-8-10-19/h5-11,13H,1,12,15H2,2-4H3,(H,27,32). The van der Waals surface area contributed by atoms with Gasteiger partial charge in [-0.25, -0.2) is 0 Å². The number of benzene rings is 1. The maximum absolute atomic E-state index is 13.0. The van der Waals surface area contributed by atoms with Crippen molar-refractivity contribution in [2.24, 2.45) is 0 Å². The molecule has 0 aliphatic carbocycles. The number of aryl methyl sites for hydroxylation is 1. The summed E-state index contributed by atoms with van der Waals surface area (Å²) in [5.41, 5.74) is 3.90. The Hall–Kier alpha value is -4.03. The quantitative estimate of drug-likeness (QED) is 0.285. The van der Waals surface area contributed by atoms with Crippen LogP contribution in [0, 0.1) is 32.1 Å². The Kier molecular flexibility index (Phi) is 6.70. The summed E-state index contributed by atoms with van der Waals surface area (Å²) in [5, 5.41) is 21.9. The van der Waals surface area contributed by atoms with E-state index in [1.54, 1.807) is 12.3 Å². The van der Waals surface area contributed by atoms with E-state index in [1.165, 1.54) is 11.8 Å². The first-order valence-electron chi connectivity index (χ1n) is 10.6. The van der Waals surface area contributed by atoms with Gasteiger partial charge in [-0.15, -0.1) is 16.8 Å². The Morgan fingerprint density at radius 2 is 2.00 bits per heavy atom. The van der Waals surface area contributed by atoms with Crippen molar-refractivity contribution in [3.8, 4) is 23.1 Å². The second-order valence-corrected chi connectivity index (χ2v) is 8.59. The number of allylic oxidation sites excluding steroid dienone is 1. The SMILES string of the molecule is C=CCn1c(SCC(=O)Nc2c(C#N)c(C)c(C)n2-c2ccccc2)nnc1-c1ccoc1C. The number of thioether (sulfide) groups is 1. The number of aromatic nitrogens is 4. The van der Waals surface area contributed by atoms with Gasteiger partial charge in [0, 0.05) is 17.9 Å². The topological polar surface area (TPSA) is 102 Å². The molecule has 0 aliphatic heterocycles. The fourth-order valence-electron chi connectivity index (χ4n) is 3.76. The van der Waals surface area contributed by atoms with Gasteiger partial charge >= 0.3 is 0 Å². The van der Waals surface area contributed by atoms with Crippen molar-refractivity contribution < 1.29 is 9.21 Å². The van der Waals surface area contributed by atoms with Gasteiger partial charge in [0.05, 0.1) is 23.1 Å². The van der Waals surface area contributed by atoms with Gasteiger partial charge in [0.15, 0.2) is 11.0 Å². The zero-order valence-electron chi connectivity index (χ0n) is 19.2. The van der Waals surface area contributed by atoms with Crippen LogP contribution in [-0.2, 0) is 11.3 Å². The minimum Gasteiger partial charge on any atom is -0.469 e. The molecule has 1 amide bonds. The molecular formula is C25H24N6O2S. The lowest BCUT2D eigenvalue weighted by Crippen LogP contribution is -2.18. The molecule has 0 spiro atoms. The van der Waals surface area contributed by atoms with E-state index < -0.39 is 0 Å². The molecule has 0 bridgehead atoms. The smallest absolute Gasteiger partial charge is 0.236 e. The number of carbonyl (C=O) groups excluding carboxylic acids is 1. The zero-order valence-corrected chi connectivity index (χ0v) is 20.0. The van der Waals surface area contributed by atoms with Crippen LogP contribution in [-0.4, -0.2) is 31.0 Å². The molecule has 4 rings (SSSR count). The normalized spacial score (nSPS) is 10.8. The van der Waals surface area contributed by atoms with Crippen LogP contribution in [0.5, 0.6) is 0 Å². The van der Waals surface area contributed by atoms with Crippen molar-refractivity contribution in [1.82, 2.24) is 19.3 Å².